The number of rotatable bonds is 4. The fourth-order valence-corrected chi connectivity index (χ4v) is 3.72. The number of hydrogen-bond donors (Lipinski definition) is 3. The third-order valence-corrected chi connectivity index (χ3v) is 5.32. The Morgan fingerprint density at radius 2 is 1.92 bits per heavy atom. The van der Waals surface area contributed by atoms with Gasteiger partial charge in [-0.2, -0.15) is 0 Å². The number of halogens is 2. The van der Waals surface area contributed by atoms with E-state index in [0.717, 1.165) is 27.0 Å². The summed E-state index contributed by atoms with van der Waals surface area (Å²) in [5.41, 5.74) is 8.35. The molecule has 26 heavy (non-hydrogen) atoms. The molecule has 5 N–H and O–H groups in total. The molecule has 10 heteroatoms. The maximum absolute atomic E-state index is 14.4. The number of anilines is 3. The van der Waals surface area contributed by atoms with Crippen LogP contribution in [-0.2, 0) is 10.0 Å². The average molecular weight is 488 g/mol. The lowest BCUT2D eigenvalue weighted by atomic mass is 10.1. The molecule has 0 fully saturated rings. The minimum atomic E-state index is -4.26. The second-order valence-electron chi connectivity index (χ2n) is 5.57. The van der Waals surface area contributed by atoms with Crippen LogP contribution < -0.4 is 16.2 Å². The second-order valence-corrected chi connectivity index (χ2v) is 8.35. The summed E-state index contributed by atoms with van der Waals surface area (Å²) in [7, 11) is -4.26. The smallest absolute Gasteiger partial charge is 0.240 e. The molecule has 1 heterocycles. The molecule has 0 amide bonds. The van der Waals surface area contributed by atoms with Gasteiger partial charge in [0.05, 0.1) is 5.56 Å². The van der Waals surface area contributed by atoms with Gasteiger partial charge in [0.2, 0.25) is 10.0 Å². The lowest BCUT2D eigenvalue weighted by Gasteiger charge is -2.15. The predicted molar refractivity (Wildman–Crippen MR) is 105 cm³/mol. The van der Waals surface area contributed by atoms with Crippen LogP contribution >= 0.6 is 22.6 Å². The van der Waals surface area contributed by atoms with Crippen LogP contribution in [0.25, 0.3) is 11.1 Å². The topological polar surface area (TPSA) is 124 Å². The fourth-order valence-electron chi connectivity index (χ4n) is 2.46. The summed E-state index contributed by atoms with van der Waals surface area (Å²) in [5.74, 6) is -0.934. The van der Waals surface area contributed by atoms with Crippen molar-refractivity contribution in [3.8, 4) is 11.1 Å². The summed E-state index contributed by atoms with van der Waals surface area (Å²) in [6.45, 7) is 1.90. The summed E-state index contributed by atoms with van der Waals surface area (Å²) in [6.07, 6.45) is 1.25. The zero-order valence-electron chi connectivity index (χ0n) is 13.5. The molecule has 0 saturated heterocycles. The molecule has 0 atom stereocenters. The molecule has 0 aliphatic carbocycles. The Morgan fingerprint density at radius 3 is 2.50 bits per heavy atom. The third-order valence-electron chi connectivity index (χ3n) is 3.72. The van der Waals surface area contributed by atoms with Crippen molar-refractivity contribution >= 4 is 49.8 Å². The van der Waals surface area contributed by atoms with Gasteiger partial charge in [0.1, 0.15) is 17.0 Å². The van der Waals surface area contributed by atoms with Crippen molar-refractivity contribution in [3.05, 3.63) is 51.5 Å². The summed E-state index contributed by atoms with van der Waals surface area (Å²) >= 11 is 2.19. The Kier molecular flexibility index (Phi) is 4.90. The van der Waals surface area contributed by atoms with E-state index < -0.39 is 20.7 Å². The van der Waals surface area contributed by atoms with Crippen LogP contribution in [0.1, 0.15) is 5.56 Å². The van der Waals surface area contributed by atoms with E-state index in [0.29, 0.717) is 16.8 Å². The molecule has 7 nitrogen and oxygen atoms in total. The van der Waals surface area contributed by atoms with E-state index in [1.54, 1.807) is 0 Å². The number of sulfonamides is 1. The number of benzene rings is 2. The van der Waals surface area contributed by atoms with E-state index in [1.807, 2.05) is 25.1 Å². The quantitative estimate of drug-likeness (QED) is 0.484. The summed E-state index contributed by atoms with van der Waals surface area (Å²) in [6, 6.07) is 7.84. The summed E-state index contributed by atoms with van der Waals surface area (Å²) in [5, 5.41) is 11.8. The first-order chi connectivity index (χ1) is 12.2. The van der Waals surface area contributed by atoms with Gasteiger partial charge in [0.25, 0.3) is 0 Å². The normalized spacial score (nSPS) is 11.5. The number of nitrogens with one attached hydrogen (secondary N) is 1. The van der Waals surface area contributed by atoms with E-state index in [1.165, 1.54) is 6.26 Å². The van der Waals surface area contributed by atoms with Gasteiger partial charge in [-0.3, -0.25) is 0 Å². The van der Waals surface area contributed by atoms with Crippen molar-refractivity contribution in [2.45, 2.75) is 11.8 Å². The molecule has 136 valence electrons. The van der Waals surface area contributed by atoms with Crippen molar-refractivity contribution in [1.29, 1.82) is 0 Å². The van der Waals surface area contributed by atoms with Gasteiger partial charge >= 0.3 is 0 Å². The lowest BCUT2D eigenvalue weighted by Crippen LogP contribution is -2.14. The van der Waals surface area contributed by atoms with Gasteiger partial charge in [-0.1, -0.05) is 5.16 Å². The number of aromatic nitrogens is 1. The Hall–Kier alpha value is -2.18. The molecule has 0 aliphatic rings. The van der Waals surface area contributed by atoms with E-state index in [2.05, 4.69) is 33.1 Å². The van der Waals surface area contributed by atoms with E-state index in [4.69, 9.17) is 15.4 Å². The van der Waals surface area contributed by atoms with Crippen molar-refractivity contribution < 1.29 is 17.3 Å². The highest BCUT2D eigenvalue weighted by Crippen LogP contribution is 2.37. The highest BCUT2D eigenvalue weighted by Gasteiger charge is 2.21. The first-order valence-corrected chi connectivity index (χ1v) is 9.89. The molecule has 2 aromatic carbocycles. The summed E-state index contributed by atoms with van der Waals surface area (Å²) < 4.78 is 43.6. The Morgan fingerprint density at radius 1 is 1.19 bits per heavy atom. The Bertz CT molecular complexity index is 1100. The first-order valence-electron chi connectivity index (χ1n) is 7.26. The van der Waals surface area contributed by atoms with Crippen LogP contribution in [0.4, 0.5) is 21.6 Å². The average Bonchev–Trinajstić information content (AvgIpc) is 2.95. The maximum atomic E-state index is 14.4. The van der Waals surface area contributed by atoms with Gasteiger partial charge in [-0.15, -0.1) is 0 Å². The van der Waals surface area contributed by atoms with Crippen LogP contribution in [0, 0.1) is 16.3 Å². The van der Waals surface area contributed by atoms with E-state index in [9.17, 15) is 12.8 Å². The third kappa shape index (κ3) is 3.66. The molecule has 0 radical (unpaired) electrons. The molecular weight excluding hydrogens is 474 g/mol. The second kappa shape index (κ2) is 6.85. The van der Waals surface area contributed by atoms with Crippen molar-refractivity contribution in [2.24, 2.45) is 5.14 Å². The summed E-state index contributed by atoms with van der Waals surface area (Å²) in [4.78, 5) is -0.641. The number of nitrogens with zero attached hydrogens (tertiary/aromatic N) is 1. The molecular formula is C16H14FIN4O3S. The van der Waals surface area contributed by atoms with E-state index >= 15 is 0 Å². The molecule has 0 unspecified atom stereocenters. The number of nitrogen functional groups attached to an aromatic ring is 1. The Balaban J connectivity index is 2.21. The number of nitrogens with two attached hydrogens (primary N) is 2. The van der Waals surface area contributed by atoms with Crippen molar-refractivity contribution in [2.75, 3.05) is 11.1 Å². The van der Waals surface area contributed by atoms with Gasteiger partial charge in [-0.05, 0) is 65.4 Å². The SMILES string of the molecule is Cc1cc(I)ccc1Nc1cc(F)c(S(N)(=O)=O)cc1-c1conc1N. The Labute approximate surface area is 162 Å². The van der Waals surface area contributed by atoms with Crippen LogP contribution in [0.2, 0.25) is 0 Å². The van der Waals surface area contributed by atoms with Crippen molar-refractivity contribution in [3.63, 3.8) is 0 Å². The fraction of sp³-hybridized carbons (Fsp3) is 0.0625. The number of aryl methyl sites for hydroxylation is 1. The predicted octanol–water partition coefficient (Wildman–Crippen LogP) is 3.37. The maximum Gasteiger partial charge on any atom is 0.240 e. The molecule has 1 aromatic heterocycles. The van der Waals surface area contributed by atoms with E-state index in [-0.39, 0.29) is 5.82 Å². The zero-order chi connectivity index (χ0) is 19.1. The molecule has 0 aliphatic heterocycles. The van der Waals surface area contributed by atoms with Crippen LogP contribution in [-0.4, -0.2) is 13.6 Å². The number of primary sulfonamides is 1. The standard InChI is InChI=1S/C16H14FIN4O3S/c1-8-4-9(18)2-3-13(8)21-14-6-12(17)15(26(20,23)24)5-10(14)11-7-25-22-16(11)19/h2-7,21H,1H3,(H2,19,22)(H2,20,23,24). The lowest BCUT2D eigenvalue weighted by molar-refractivity contribution is 0.423. The molecule has 0 saturated carbocycles. The monoisotopic (exact) mass is 488 g/mol. The van der Waals surface area contributed by atoms with Gasteiger partial charge in [0.15, 0.2) is 5.82 Å². The highest BCUT2D eigenvalue weighted by molar-refractivity contribution is 14.1. The van der Waals surface area contributed by atoms with Gasteiger partial charge in [0, 0.05) is 20.5 Å². The minimum absolute atomic E-state index is 0.0411. The van der Waals surface area contributed by atoms with Gasteiger partial charge in [-0.25, -0.2) is 17.9 Å². The largest absolute Gasteiger partial charge is 0.380 e. The van der Waals surface area contributed by atoms with Crippen LogP contribution in [0.15, 0.2) is 46.0 Å². The molecule has 3 rings (SSSR count). The molecule has 3 aromatic rings. The van der Waals surface area contributed by atoms with Crippen molar-refractivity contribution in [1.82, 2.24) is 5.16 Å². The minimum Gasteiger partial charge on any atom is -0.380 e. The molecule has 0 bridgehead atoms. The van der Waals surface area contributed by atoms with Gasteiger partial charge < -0.3 is 15.6 Å². The molecule has 0 spiro atoms. The zero-order valence-corrected chi connectivity index (χ0v) is 16.4. The van der Waals surface area contributed by atoms with Crippen LogP contribution in [0.5, 0.6) is 0 Å². The number of hydrogen-bond acceptors (Lipinski definition) is 6. The van der Waals surface area contributed by atoms with Crippen LogP contribution in [0.3, 0.4) is 0 Å². The first kappa shape index (κ1) is 18.6. The highest BCUT2D eigenvalue weighted by atomic mass is 127.